The number of nitrogens with one attached hydrogen (secondary N) is 1. The Hall–Kier alpha value is -2.44. The topological polar surface area (TPSA) is 73.5 Å². The molecule has 110 valence electrons. The highest BCUT2D eigenvalue weighted by Crippen LogP contribution is 2.19. The Morgan fingerprint density at radius 1 is 1.19 bits per heavy atom. The van der Waals surface area contributed by atoms with Crippen molar-refractivity contribution in [3.63, 3.8) is 0 Å². The Bertz CT molecular complexity index is 756. The number of fused-ring (bicyclic) bond motifs is 1. The molecule has 0 saturated carbocycles. The molecule has 0 amide bonds. The molecule has 3 rings (SSSR count). The molecule has 7 heteroatoms. The van der Waals surface area contributed by atoms with Crippen molar-refractivity contribution in [1.29, 1.82) is 0 Å². The lowest BCUT2D eigenvalue weighted by molar-refractivity contribution is 0.655. The normalized spacial score (nSPS) is 11.2. The first-order valence-corrected chi connectivity index (χ1v) is 7.09. The number of hydrogen-bond acceptors (Lipinski definition) is 5. The maximum atomic E-state index is 4.62. The fourth-order valence-corrected chi connectivity index (χ4v) is 2.21. The summed E-state index contributed by atoms with van der Waals surface area (Å²) in [6.07, 6.45) is 6.66. The second kappa shape index (κ2) is 5.51. The van der Waals surface area contributed by atoms with Gasteiger partial charge in [-0.15, -0.1) is 0 Å². The summed E-state index contributed by atoms with van der Waals surface area (Å²) >= 11 is 0. The predicted octanol–water partition coefficient (Wildman–Crippen LogP) is 1.74. The molecule has 0 aromatic carbocycles. The molecule has 0 aliphatic carbocycles. The van der Waals surface area contributed by atoms with Crippen LogP contribution < -0.4 is 5.32 Å². The van der Waals surface area contributed by atoms with Crippen molar-refractivity contribution in [2.24, 2.45) is 7.05 Å². The molecule has 1 N–H and O–H groups in total. The van der Waals surface area contributed by atoms with E-state index < -0.39 is 0 Å². The summed E-state index contributed by atoms with van der Waals surface area (Å²) in [5.74, 6) is 1.57. The first-order chi connectivity index (χ1) is 10.2. The molecular formula is C14H19N7. The highest BCUT2D eigenvalue weighted by atomic mass is 15.3. The lowest BCUT2D eigenvalue weighted by atomic mass is 10.3. The minimum atomic E-state index is 0.551. The van der Waals surface area contributed by atoms with Crippen LogP contribution in [0.4, 0.5) is 5.82 Å². The monoisotopic (exact) mass is 285 g/mol. The van der Waals surface area contributed by atoms with Gasteiger partial charge in [-0.25, -0.2) is 9.97 Å². The number of rotatable bonds is 5. The first-order valence-electron chi connectivity index (χ1n) is 7.09. The van der Waals surface area contributed by atoms with E-state index in [4.69, 9.17) is 0 Å². The van der Waals surface area contributed by atoms with Crippen molar-refractivity contribution in [2.75, 3.05) is 11.9 Å². The molecule has 0 unspecified atom stereocenters. The van der Waals surface area contributed by atoms with Gasteiger partial charge in [0.05, 0.1) is 17.8 Å². The van der Waals surface area contributed by atoms with Gasteiger partial charge < -0.3 is 5.32 Å². The van der Waals surface area contributed by atoms with E-state index in [-0.39, 0.29) is 0 Å². The summed E-state index contributed by atoms with van der Waals surface area (Å²) < 4.78 is 3.61. The molecule has 7 nitrogen and oxygen atoms in total. The fraction of sp³-hybridized carbons (Fsp3) is 0.429. The lowest BCUT2D eigenvalue weighted by Gasteiger charge is -2.08. The van der Waals surface area contributed by atoms with Crippen LogP contribution in [0.25, 0.3) is 11.0 Å². The molecule has 0 bridgehead atoms. The van der Waals surface area contributed by atoms with Crippen LogP contribution in [-0.4, -0.2) is 36.1 Å². The van der Waals surface area contributed by atoms with Crippen LogP contribution in [0, 0.1) is 6.92 Å². The van der Waals surface area contributed by atoms with Gasteiger partial charge in [0.25, 0.3) is 0 Å². The first kappa shape index (κ1) is 13.5. The summed E-state index contributed by atoms with van der Waals surface area (Å²) in [4.78, 5) is 9.22. The second-order valence-corrected chi connectivity index (χ2v) is 5.14. The maximum absolute atomic E-state index is 4.62. The number of hydrogen-bond donors (Lipinski definition) is 1. The largest absolute Gasteiger partial charge is 0.369 e. The van der Waals surface area contributed by atoms with Crippen LogP contribution >= 0.6 is 0 Å². The number of anilines is 1. The Morgan fingerprint density at radius 3 is 2.76 bits per heavy atom. The van der Waals surface area contributed by atoms with Gasteiger partial charge in [-0.1, -0.05) is 6.92 Å². The van der Waals surface area contributed by atoms with Gasteiger partial charge in [0.15, 0.2) is 11.5 Å². The molecule has 0 atom stereocenters. The summed E-state index contributed by atoms with van der Waals surface area (Å²) in [6.45, 7) is 5.57. The van der Waals surface area contributed by atoms with E-state index in [1.54, 1.807) is 10.9 Å². The molecule has 3 aromatic rings. The molecule has 0 aliphatic rings. The smallest absolute Gasteiger partial charge is 0.163 e. The fourth-order valence-electron chi connectivity index (χ4n) is 2.21. The molecule has 0 spiro atoms. The van der Waals surface area contributed by atoms with Gasteiger partial charge >= 0.3 is 0 Å². The van der Waals surface area contributed by atoms with Crippen molar-refractivity contribution in [3.05, 3.63) is 30.0 Å². The van der Waals surface area contributed by atoms with Crippen LogP contribution in [0.1, 0.15) is 24.7 Å². The van der Waals surface area contributed by atoms with E-state index in [9.17, 15) is 0 Å². The lowest BCUT2D eigenvalue weighted by Crippen LogP contribution is -2.10. The molecule has 3 aromatic heterocycles. The third-order valence-electron chi connectivity index (χ3n) is 3.25. The Labute approximate surface area is 123 Å². The quantitative estimate of drug-likeness (QED) is 0.773. The van der Waals surface area contributed by atoms with Crippen LogP contribution in [-0.2, 0) is 13.6 Å². The summed E-state index contributed by atoms with van der Waals surface area (Å²) in [5.41, 5.74) is 1.96. The van der Waals surface area contributed by atoms with Gasteiger partial charge in [-0.2, -0.15) is 10.2 Å². The van der Waals surface area contributed by atoms with Crippen molar-refractivity contribution in [3.8, 4) is 0 Å². The van der Waals surface area contributed by atoms with Gasteiger partial charge in [0.1, 0.15) is 12.4 Å². The summed E-state index contributed by atoms with van der Waals surface area (Å²) in [6, 6.07) is 0. The Kier molecular flexibility index (Phi) is 3.55. The third-order valence-corrected chi connectivity index (χ3v) is 3.25. The highest BCUT2D eigenvalue weighted by molar-refractivity contribution is 5.86. The molecule has 0 aliphatic heterocycles. The maximum Gasteiger partial charge on any atom is 0.163 e. The van der Waals surface area contributed by atoms with Gasteiger partial charge in [-0.3, -0.25) is 9.36 Å². The van der Waals surface area contributed by atoms with Crippen molar-refractivity contribution >= 4 is 16.9 Å². The number of nitrogens with zero attached hydrogens (tertiary/aromatic N) is 6. The van der Waals surface area contributed by atoms with E-state index in [1.165, 1.54) is 0 Å². The van der Waals surface area contributed by atoms with E-state index in [2.05, 4.69) is 32.4 Å². The van der Waals surface area contributed by atoms with E-state index in [0.717, 1.165) is 41.2 Å². The second-order valence-electron chi connectivity index (χ2n) is 5.14. The number of aryl methyl sites for hydroxylation is 2. The standard InChI is InChI=1S/C14H19N7/c1-4-5-15-13-11-7-16-20(3)14(11)19-12(18-13)9-21-8-10(2)6-17-21/h6-8H,4-5,9H2,1-3H3,(H,15,18,19). The molecule has 21 heavy (non-hydrogen) atoms. The zero-order valence-electron chi connectivity index (χ0n) is 12.5. The molecular weight excluding hydrogens is 266 g/mol. The minimum Gasteiger partial charge on any atom is -0.369 e. The summed E-state index contributed by atoms with van der Waals surface area (Å²) in [5, 5.41) is 12.9. The van der Waals surface area contributed by atoms with Crippen LogP contribution in [0.15, 0.2) is 18.6 Å². The van der Waals surface area contributed by atoms with Crippen LogP contribution in [0.2, 0.25) is 0 Å². The Balaban J connectivity index is 1.99. The zero-order chi connectivity index (χ0) is 14.8. The average Bonchev–Trinajstić information content (AvgIpc) is 3.03. The van der Waals surface area contributed by atoms with Crippen molar-refractivity contribution < 1.29 is 0 Å². The van der Waals surface area contributed by atoms with Gasteiger partial charge in [0, 0.05) is 19.8 Å². The highest BCUT2D eigenvalue weighted by Gasteiger charge is 2.11. The molecule has 0 radical (unpaired) electrons. The molecule has 0 fully saturated rings. The Morgan fingerprint density at radius 2 is 2.05 bits per heavy atom. The third kappa shape index (κ3) is 2.72. The van der Waals surface area contributed by atoms with E-state index >= 15 is 0 Å². The van der Waals surface area contributed by atoms with Gasteiger partial charge in [0.2, 0.25) is 0 Å². The molecule has 0 saturated heterocycles. The van der Waals surface area contributed by atoms with Crippen molar-refractivity contribution in [2.45, 2.75) is 26.8 Å². The van der Waals surface area contributed by atoms with Crippen LogP contribution in [0.5, 0.6) is 0 Å². The number of aromatic nitrogens is 6. The van der Waals surface area contributed by atoms with E-state index in [1.807, 2.05) is 31.0 Å². The summed E-state index contributed by atoms with van der Waals surface area (Å²) in [7, 11) is 1.89. The van der Waals surface area contributed by atoms with E-state index in [0.29, 0.717) is 6.54 Å². The zero-order valence-corrected chi connectivity index (χ0v) is 12.5. The average molecular weight is 285 g/mol. The molecule has 3 heterocycles. The van der Waals surface area contributed by atoms with Gasteiger partial charge in [-0.05, 0) is 18.9 Å². The SMILES string of the molecule is CCCNc1nc(Cn2cc(C)cn2)nc2c1cnn2C. The van der Waals surface area contributed by atoms with Crippen molar-refractivity contribution in [1.82, 2.24) is 29.5 Å². The predicted molar refractivity (Wildman–Crippen MR) is 81.2 cm³/mol. The minimum absolute atomic E-state index is 0.551. The van der Waals surface area contributed by atoms with Crippen LogP contribution in [0.3, 0.4) is 0 Å².